The molecule has 1 aliphatic heterocycles. The minimum Gasteiger partial charge on any atom is -0.497 e. The quantitative estimate of drug-likeness (QED) is 0.825. The van der Waals surface area contributed by atoms with E-state index < -0.39 is 0 Å². The summed E-state index contributed by atoms with van der Waals surface area (Å²) in [4.78, 5) is 4.95. The molecular formula is C12H13N5OS. The van der Waals surface area contributed by atoms with Crippen molar-refractivity contribution in [2.24, 2.45) is 0 Å². The van der Waals surface area contributed by atoms with Crippen LogP contribution in [0, 0.1) is 0 Å². The number of ether oxygens (including phenoxy) is 1. The lowest BCUT2D eigenvalue weighted by Gasteiger charge is -2.23. The van der Waals surface area contributed by atoms with Crippen LogP contribution in [0.2, 0.25) is 0 Å². The second-order valence-corrected chi connectivity index (χ2v) is 4.82. The molecule has 0 radical (unpaired) electrons. The Bertz CT molecular complexity index is 639. The largest absolute Gasteiger partial charge is 0.497 e. The number of thiocarbonyl (C=S) groups is 1. The lowest BCUT2D eigenvalue weighted by molar-refractivity contribution is 0.414. The number of rotatable bonds is 2. The van der Waals surface area contributed by atoms with Crippen molar-refractivity contribution < 1.29 is 4.74 Å². The number of hydrogen-bond donors (Lipinski definition) is 1. The van der Waals surface area contributed by atoms with Gasteiger partial charge in [0.2, 0.25) is 0 Å². The van der Waals surface area contributed by atoms with Gasteiger partial charge in [0.15, 0.2) is 11.6 Å². The highest BCUT2D eigenvalue weighted by Gasteiger charge is 2.24. The van der Waals surface area contributed by atoms with Crippen LogP contribution >= 0.6 is 12.2 Å². The van der Waals surface area contributed by atoms with E-state index in [4.69, 9.17) is 17.0 Å². The summed E-state index contributed by atoms with van der Waals surface area (Å²) in [5.41, 5.74) is 0.731. The Kier molecular flexibility index (Phi) is 2.90. The molecule has 0 aliphatic carbocycles. The summed E-state index contributed by atoms with van der Waals surface area (Å²) in [6.45, 7) is 2.83. The number of fused-ring (bicyclic) bond motifs is 1. The van der Waals surface area contributed by atoms with Crippen LogP contribution in [0.15, 0.2) is 18.3 Å². The van der Waals surface area contributed by atoms with Crippen LogP contribution in [-0.4, -0.2) is 37.9 Å². The Hall–Kier alpha value is -2.02. The van der Waals surface area contributed by atoms with Gasteiger partial charge in [-0.25, -0.2) is 0 Å². The summed E-state index contributed by atoms with van der Waals surface area (Å²) in [6, 6.07) is 3.89. The van der Waals surface area contributed by atoms with Gasteiger partial charge in [-0.3, -0.25) is 4.98 Å². The maximum absolute atomic E-state index is 5.27. The molecule has 7 heteroatoms. The van der Waals surface area contributed by atoms with E-state index in [1.165, 1.54) is 0 Å². The predicted octanol–water partition coefficient (Wildman–Crippen LogP) is 1.02. The fraction of sp³-hybridized carbons (Fsp3) is 0.333. The first-order valence-corrected chi connectivity index (χ1v) is 6.34. The third-order valence-corrected chi connectivity index (χ3v) is 3.28. The summed E-state index contributed by atoms with van der Waals surface area (Å²) >= 11 is 5.27. The zero-order valence-corrected chi connectivity index (χ0v) is 11.4. The van der Waals surface area contributed by atoms with Gasteiger partial charge < -0.3 is 14.6 Å². The van der Waals surface area contributed by atoms with Crippen LogP contribution < -0.4 is 10.1 Å². The lowest BCUT2D eigenvalue weighted by atomic mass is 10.2. The highest BCUT2D eigenvalue weighted by Crippen LogP contribution is 2.22. The molecule has 0 saturated carbocycles. The minimum absolute atomic E-state index is 0.250. The molecule has 1 aliphatic rings. The van der Waals surface area contributed by atoms with Gasteiger partial charge in [-0.05, 0) is 13.0 Å². The lowest BCUT2D eigenvalue weighted by Crippen LogP contribution is -2.42. The first kappa shape index (κ1) is 12.0. The number of hydrogen-bond acceptors (Lipinski definition) is 5. The van der Waals surface area contributed by atoms with Crippen LogP contribution in [0.1, 0.15) is 12.7 Å². The monoisotopic (exact) mass is 275 g/mol. The highest BCUT2D eigenvalue weighted by molar-refractivity contribution is 7.80. The Morgan fingerprint density at radius 2 is 2.21 bits per heavy atom. The second-order valence-electron chi connectivity index (χ2n) is 4.41. The van der Waals surface area contributed by atoms with E-state index >= 15 is 0 Å². The first-order valence-electron chi connectivity index (χ1n) is 5.93. The SMILES string of the molecule is COc1ccnc(-c2nnc3n2C[C@H](C)NC3=S)c1. The van der Waals surface area contributed by atoms with Crippen LogP contribution in [0.5, 0.6) is 5.75 Å². The fourth-order valence-electron chi connectivity index (χ4n) is 2.10. The molecule has 3 heterocycles. The van der Waals surface area contributed by atoms with Gasteiger partial charge in [0.05, 0.1) is 7.11 Å². The fourth-order valence-corrected chi connectivity index (χ4v) is 2.45. The third kappa shape index (κ3) is 2.06. The van der Waals surface area contributed by atoms with Crippen molar-refractivity contribution in [3.8, 4) is 17.3 Å². The van der Waals surface area contributed by atoms with Gasteiger partial charge in [-0.2, -0.15) is 0 Å². The molecule has 1 atom stereocenters. The maximum Gasteiger partial charge on any atom is 0.191 e. The Labute approximate surface area is 115 Å². The Morgan fingerprint density at radius 1 is 1.42 bits per heavy atom. The molecule has 6 nitrogen and oxygen atoms in total. The molecule has 1 N–H and O–H groups in total. The average Bonchev–Trinajstić information content (AvgIpc) is 2.82. The molecule has 19 heavy (non-hydrogen) atoms. The standard InChI is InChI=1S/C12H13N5OS/c1-7-6-17-10(15-16-11(17)12(19)14-7)9-5-8(18-2)3-4-13-9/h3-5,7H,6H2,1-2H3,(H,14,19)/t7-/m0/s1. The average molecular weight is 275 g/mol. The number of aromatic nitrogens is 4. The van der Waals surface area contributed by atoms with Gasteiger partial charge >= 0.3 is 0 Å². The predicted molar refractivity (Wildman–Crippen MR) is 74.1 cm³/mol. The topological polar surface area (TPSA) is 64.9 Å². The Balaban J connectivity index is 2.09. The summed E-state index contributed by atoms with van der Waals surface area (Å²) in [7, 11) is 1.62. The molecule has 0 bridgehead atoms. The van der Waals surface area contributed by atoms with Gasteiger partial charge in [0, 0.05) is 24.8 Å². The van der Waals surface area contributed by atoms with Crippen molar-refractivity contribution in [3.05, 3.63) is 24.2 Å². The Morgan fingerprint density at radius 3 is 3.00 bits per heavy atom. The molecule has 3 rings (SSSR count). The number of methoxy groups -OCH3 is 1. The molecule has 98 valence electrons. The van der Waals surface area contributed by atoms with Crippen LogP contribution in [0.3, 0.4) is 0 Å². The van der Waals surface area contributed by atoms with E-state index in [1.54, 1.807) is 19.4 Å². The van der Waals surface area contributed by atoms with Crippen molar-refractivity contribution in [2.45, 2.75) is 19.5 Å². The molecule has 0 fully saturated rings. The second kappa shape index (κ2) is 4.58. The van der Waals surface area contributed by atoms with Gasteiger partial charge in [-0.1, -0.05) is 12.2 Å². The molecule has 0 amide bonds. The van der Waals surface area contributed by atoms with E-state index in [1.807, 2.05) is 10.6 Å². The molecular weight excluding hydrogens is 262 g/mol. The minimum atomic E-state index is 0.250. The molecule has 0 saturated heterocycles. The number of nitrogens with one attached hydrogen (secondary N) is 1. The number of pyridine rings is 1. The number of nitrogens with zero attached hydrogens (tertiary/aromatic N) is 4. The van der Waals surface area contributed by atoms with Crippen molar-refractivity contribution in [1.82, 2.24) is 25.1 Å². The molecule has 0 unspecified atom stereocenters. The highest BCUT2D eigenvalue weighted by atomic mass is 32.1. The van der Waals surface area contributed by atoms with Crippen LogP contribution in [0.4, 0.5) is 0 Å². The van der Waals surface area contributed by atoms with E-state index in [0.29, 0.717) is 16.6 Å². The van der Waals surface area contributed by atoms with E-state index in [-0.39, 0.29) is 6.04 Å². The molecule has 2 aromatic heterocycles. The summed E-state index contributed by atoms with van der Waals surface area (Å²) in [5, 5.41) is 11.5. The first-order chi connectivity index (χ1) is 9.19. The van der Waals surface area contributed by atoms with E-state index in [0.717, 1.165) is 18.0 Å². The normalized spacial score (nSPS) is 17.8. The van der Waals surface area contributed by atoms with Gasteiger partial charge in [0.25, 0.3) is 0 Å². The summed E-state index contributed by atoms with van der Waals surface area (Å²) < 4.78 is 7.19. The summed E-state index contributed by atoms with van der Waals surface area (Å²) in [6.07, 6.45) is 1.69. The van der Waals surface area contributed by atoms with Crippen LogP contribution in [-0.2, 0) is 6.54 Å². The van der Waals surface area contributed by atoms with Crippen molar-refractivity contribution in [2.75, 3.05) is 7.11 Å². The third-order valence-electron chi connectivity index (χ3n) is 2.98. The van der Waals surface area contributed by atoms with Crippen molar-refractivity contribution in [3.63, 3.8) is 0 Å². The molecule has 0 aromatic carbocycles. The van der Waals surface area contributed by atoms with Crippen molar-refractivity contribution in [1.29, 1.82) is 0 Å². The molecule has 2 aromatic rings. The van der Waals surface area contributed by atoms with Crippen LogP contribution in [0.25, 0.3) is 11.5 Å². The van der Waals surface area contributed by atoms with Gasteiger partial charge in [-0.15, -0.1) is 10.2 Å². The van der Waals surface area contributed by atoms with E-state index in [9.17, 15) is 0 Å². The zero-order chi connectivity index (χ0) is 13.4. The molecule has 0 spiro atoms. The smallest absolute Gasteiger partial charge is 0.191 e. The van der Waals surface area contributed by atoms with E-state index in [2.05, 4.69) is 27.4 Å². The zero-order valence-electron chi connectivity index (χ0n) is 10.6. The van der Waals surface area contributed by atoms with Gasteiger partial charge in [0.1, 0.15) is 16.4 Å². The summed E-state index contributed by atoms with van der Waals surface area (Å²) in [5.74, 6) is 2.14. The maximum atomic E-state index is 5.27. The van der Waals surface area contributed by atoms with Crippen molar-refractivity contribution >= 4 is 17.2 Å².